The fourth-order valence-corrected chi connectivity index (χ4v) is 3.04. The Labute approximate surface area is 150 Å². The predicted molar refractivity (Wildman–Crippen MR) is 95.6 cm³/mol. The Kier molecular flexibility index (Phi) is 4.88. The number of fused-ring (bicyclic) bond motifs is 1. The topological polar surface area (TPSA) is 38.8 Å². The molecule has 1 aliphatic rings. The van der Waals surface area contributed by atoms with Crippen molar-refractivity contribution in [3.8, 4) is 11.5 Å². The highest BCUT2D eigenvalue weighted by atomic mass is 35.5. The molecule has 126 valence electrons. The molecule has 0 radical (unpaired) electrons. The van der Waals surface area contributed by atoms with E-state index in [1.54, 1.807) is 30.0 Å². The van der Waals surface area contributed by atoms with E-state index in [0.717, 1.165) is 11.3 Å². The standard InChI is InChI=1S/C18H17Cl2NO3/c1-11-3-5-17-15(9-11)21(7-8-23-17)18(22)12(2)24-16-6-4-13(19)10-14(16)20/h3-6,9-10,12H,7-8H2,1-2H3. The van der Waals surface area contributed by atoms with Crippen LogP contribution in [0, 0.1) is 6.92 Å². The molecule has 0 aliphatic carbocycles. The number of halogens is 2. The SMILES string of the molecule is Cc1ccc2c(c1)N(C(=O)C(C)Oc1ccc(Cl)cc1Cl)CCO2. The zero-order valence-corrected chi connectivity index (χ0v) is 14.9. The highest BCUT2D eigenvalue weighted by Gasteiger charge is 2.28. The van der Waals surface area contributed by atoms with E-state index in [-0.39, 0.29) is 5.91 Å². The molecule has 0 saturated carbocycles. The Morgan fingerprint density at radius 1 is 1.25 bits per heavy atom. The Hall–Kier alpha value is -1.91. The first kappa shape index (κ1) is 16.9. The van der Waals surface area contributed by atoms with Crippen LogP contribution in [0.2, 0.25) is 10.0 Å². The maximum absolute atomic E-state index is 12.8. The predicted octanol–water partition coefficient (Wildman–Crippen LogP) is 4.49. The third-order valence-electron chi connectivity index (χ3n) is 3.79. The molecule has 0 N–H and O–H groups in total. The number of benzene rings is 2. The number of nitrogens with zero attached hydrogens (tertiary/aromatic N) is 1. The van der Waals surface area contributed by atoms with E-state index in [4.69, 9.17) is 32.7 Å². The van der Waals surface area contributed by atoms with Gasteiger partial charge in [0.15, 0.2) is 6.10 Å². The van der Waals surface area contributed by atoms with Gasteiger partial charge in [0, 0.05) is 5.02 Å². The van der Waals surface area contributed by atoms with E-state index >= 15 is 0 Å². The minimum absolute atomic E-state index is 0.142. The molecule has 0 saturated heterocycles. The smallest absolute Gasteiger partial charge is 0.267 e. The van der Waals surface area contributed by atoms with Crippen molar-refractivity contribution in [2.24, 2.45) is 0 Å². The van der Waals surface area contributed by atoms with Gasteiger partial charge in [0.25, 0.3) is 5.91 Å². The second kappa shape index (κ2) is 6.91. The van der Waals surface area contributed by atoms with Crippen molar-refractivity contribution in [1.82, 2.24) is 0 Å². The Bertz CT molecular complexity index is 779. The van der Waals surface area contributed by atoms with Gasteiger partial charge in [0.05, 0.1) is 17.3 Å². The summed E-state index contributed by atoms with van der Waals surface area (Å²) in [5, 5.41) is 0.893. The molecule has 1 heterocycles. The van der Waals surface area contributed by atoms with Gasteiger partial charge in [-0.2, -0.15) is 0 Å². The molecule has 6 heteroatoms. The van der Waals surface area contributed by atoms with Gasteiger partial charge in [-0.3, -0.25) is 4.79 Å². The van der Waals surface area contributed by atoms with Crippen LogP contribution in [0.1, 0.15) is 12.5 Å². The molecule has 1 atom stereocenters. The number of hydrogen-bond acceptors (Lipinski definition) is 3. The van der Waals surface area contributed by atoms with Gasteiger partial charge in [-0.05, 0) is 49.7 Å². The molecule has 2 aromatic rings. The highest BCUT2D eigenvalue weighted by molar-refractivity contribution is 6.35. The summed E-state index contributed by atoms with van der Waals surface area (Å²) in [5.41, 5.74) is 1.83. The van der Waals surface area contributed by atoms with Gasteiger partial charge in [-0.25, -0.2) is 0 Å². The monoisotopic (exact) mass is 365 g/mol. The second-order valence-electron chi connectivity index (χ2n) is 5.64. The van der Waals surface area contributed by atoms with Crippen LogP contribution in [-0.4, -0.2) is 25.2 Å². The van der Waals surface area contributed by atoms with E-state index in [9.17, 15) is 4.79 Å². The van der Waals surface area contributed by atoms with E-state index in [1.807, 2.05) is 25.1 Å². The summed E-state index contributed by atoms with van der Waals surface area (Å²) in [4.78, 5) is 14.5. The number of aryl methyl sites for hydroxylation is 1. The second-order valence-corrected chi connectivity index (χ2v) is 6.49. The Morgan fingerprint density at radius 2 is 2.04 bits per heavy atom. The molecule has 2 aromatic carbocycles. The van der Waals surface area contributed by atoms with Crippen LogP contribution in [0.5, 0.6) is 11.5 Å². The molecular formula is C18H17Cl2NO3. The van der Waals surface area contributed by atoms with Crippen molar-refractivity contribution in [2.75, 3.05) is 18.1 Å². The average Bonchev–Trinajstić information content (AvgIpc) is 2.56. The number of hydrogen-bond donors (Lipinski definition) is 0. The minimum atomic E-state index is -0.685. The molecule has 1 unspecified atom stereocenters. The van der Waals surface area contributed by atoms with Crippen LogP contribution >= 0.6 is 23.2 Å². The molecule has 0 fully saturated rings. The van der Waals surface area contributed by atoms with Crippen LogP contribution in [-0.2, 0) is 4.79 Å². The van der Waals surface area contributed by atoms with Crippen LogP contribution < -0.4 is 14.4 Å². The summed E-state index contributed by atoms with van der Waals surface area (Å²) >= 11 is 12.0. The number of rotatable bonds is 3. The number of amides is 1. The zero-order chi connectivity index (χ0) is 17.3. The average molecular weight is 366 g/mol. The Balaban J connectivity index is 1.81. The highest BCUT2D eigenvalue weighted by Crippen LogP contribution is 2.34. The molecular weight excluding hydrogens is 349 g/mol. The van der Waals surface area contributed by atoms with Crippen LogP contribution in [0.15, 0.2) is 36.4 Å². The fourth-order valence-electron chi connectivity index (χ4n) is 2.59. The third kappa shape index (κ3) is 3.45. The molecule has 1 aliphatic heterocycles. The number of carbonyl (C=O) groups is 1. The van der Waals surface area contributed by atoms with Gasteiger partial charge in [-0.1, -0.05) is 29.3 Å². The summed E-state index contributed by atoms with van der Waals surface area (Å²) in [6, 6.07) is 10.7. The van der Waals surface area contributed by atoms with Gasteiger partial charge in [0.2, 0.25) is 0 Å². The normalized spacial score (nSPS) is 14.6. The van der Waals surface area contributed by atoms with Gasteiger partial charge in [0.1, 0.15) is 18.1 Å². The molecule has 0 aromatic heterocycles. The van der Waals surface area contributed by atoms with E-state index in [2.05, 4.69) is 0 Å². The van der Waals surface area contributed by atoms with E-state index in [1.165, 1.54) is 0 Å². The maximum atomic E-state index is 12.8. The first-order valence-corrected chi connectivity index (χ1v) is 8.38. The summed E-state index contributed by atoms with van der Waals surface area (Å²) in [6.45, 7) is 4.62. The van der Waals surface area contributed by atoms with Crippen molar-refractivity contribution in [3.05, 3.63) is 52.0 Å². The van der Waals surface area contributed by atoms with Crippen LogP contribution in [0.3, 0.4) is 0 Å². The molecule has 1 amide bonds. The van der Waals surface area contributed by atoms with Crippen molar-refractivity contribution in [3.63, 3.8) is 0 Å². The quantitative estimate of drug-likeness (QED) is 0.803. The molecule has 4 nitrogen and oxygen atoms in total. The van der Waals surface area contributed by atoms with Crippen LogP contribution in [0.4, 0.5) is 5.69 Å². The lowest BCUT2D eigenvalue weighted by atomic mass is 10.1. The van der Waals surface area contributed by atoms with Crippen molar-refractivity contribution < 1.29 is 14.3 Å². The molecule has 3 rings (SSSR count). The molecule has 0 spiro atoms. The summed E-state index contributed by atoms with van der Waals surface area (Å²) in [6.07, 6.45) is -0.685. The largest absolute Gasteiger partial charge is 0.490 e. The van der Waals surface area contributed by atoms with E-state index in [0.29, 0.717) is 34.7 Å². The van der Waals surface area contributed by atoms with Crippen LogP contribution in [0.25, 0.3) is 0 Å². The summed E-state index contributed by atoms with van der Waals surface area (Å²) in [5.74, 6) is 0.993. The summed E-state index contributed by atoms with van der Waals surface area (Å²) < 4.78 is 11.4. The first-order chi connectivity index (χ1) is 11.5. The maximum Gasteiger partial charge on any atom is 0.267 e. The molecule has 24 heavy (non-hydrogen) atoms. The lowest BCUT2D eigenvalue weighted by Crippen LogP contribution is -2.44. The van der Waals surface area contributed by atoms with Crippen molar-refractivity contribution >= 4 is 34.8 Å². The minimum Gasteiger partial charge on any atom is -0.490 e. The van der Waals surface area contributed by atoms with Crippen molar-refractivity contribution in [2.45, 2.75) is 20.0 Å². The van der Waals surface area contributed by atoms with Gasteiger partial charge in [-0.15, -0.1) is 0 Å². The number of ether oxygens (including phenoxy) is 2. The number of carbonyl (C=O) groups excluding carboxylic acids is 1. The summed E-state index contributed by atoms with van der Waals surface area (Å²) in [7, 11) is 0. The molecule has 0 bridgehead atoms. The Morgan fingerprint density at radius 3 is 2.79 bits per heavy atom. The van der Waals surface area contributed by atoms with Crippen molar-refractivity contribution in [1.29, 1.82) is 0 Å². The lowest BCUT2D eigenvalue weighted by Gasteiger charge is -2.31. The number of anilines is 1. The third-order valence-corrected chi connectivity index (χ3v) is 4.32. The van der Waals surface area contributed by atoms with Gasteiger partial charge < -0.3 is 14.4 Å². The fraction of sp³-hybridized carbons (Fsp3) is 0.278. The zero-order valence-electron chi connectivity index (χ0n) is 13.4. The van der Waals surface area contributed by atoms with Gasteiger partial charge >= 0.3 is 0 Å². The lowest BCUT2D eigenvalue weighted by molar-refractivity contribution is -0.124. The first-order valence-electron chi connectivity index (χ1n) is 7.62. The van der Waals surface area contributed by atoms with E-state index < -0.39 is 6.10 Å².